The third kappa shape index (κ3) is 1.16. The largest absolute Gasteiger partial charge is 0.342 e. The van der Waals surface area contributed by atoms with E-state index in [1.165, 1.54) is 30.6 Å². The smallest absolute Gasteiger partial charge is 0.110 e. The normalized spacial score (nSPS) is 40.4. The summed E-state index contributed by atoms with van der Waals surface area (Å²) in [4.78, 5) is 8.37. The second-order valence-corrected chi connectivity index (χ2v) is 7.21. The molecule has 4 unspecified atom stereocenters. The Kier molecular flexibility index (Phi) is 1.77. The summed E-state index contributed by atoms with van der Waals surface area (Å²) in [5.41, 5.74) is 2.29. The average Bonchev–Trinajstić information content (AvgIpc) is 2.75. The fourth-order valence-electron chi connectivity index (χ4n) is 4.85. The van der Waals surface area contributed by atoms with Crippen LogP contribution in [-0.2, 0) is 0 Å². The van der Waals surface area contributed by atoms with Crippen molar-refractivity contribution in [3.8, 4) is 0 Å². The Morgan fingerprint density at radius 3 is 2.72 bits per heavy atom. The molecule has 18 heavy (non-hydrogen) atoms. The van der Waals surface area contributed by atoms with Crippen molar-refractivity contribution in [1.29, 1.82) is 0 Å². The van der Waals surface area contributed by atoms with Crippen molar-refractivity contribution in [3.63, 3.8) is 0 Å². The zero-order chi connectivity index (χ0) is 11.9. The molecule has 3 fully saturated rings. The number of benzene rings is 1. The van der Waals surface area contributed by atoms with Gasteiger partial charge in [-0.05, 0) is 61.1 Å². The number of imidazole rings is 1. The van der Waals surface area contributed by atoms with Gasteiger partial charge in [0.05, 0.1) is 11.0 Å². The minimum Gasteiger partial charge on any atom is -0.342 e. The molecule has 3 saturated carbocycles. The Hall–Kier alpha value is -0.830. The Bertz CT molecular complexity index is 631. The maximum atomic E-state index is 4.82. The highest BCUT2D eigenvalue weighted by atomic mass is 79.9. The van der Waals surface area contributed by atoms with Crippen LogP contribution in [0.2, 0.25) is 0 Å². The minimum atomic E-state index is 0.752. The quantitative estimate of drug-likeness (QED) is 0.844. The number of hydrogen-bond acceptors (Lipinski definition) is 1. The number of halogens is 1. The number of nitrogens with one attached hydrogen (secondary N) is 1. The van der Waals surface area contributed by atoms with E-state index in [1.54, 1.807) is 0 Å². The number of aromatic nitrogens is 2. The first-order chi connectivity index (χ1) is 8.81. The maximum absolute atomic E-state index is 4.82. The number of fused-ring (bicyclic) bond motifs is 6. The molecule has 4 atom stereocenters. The summed E-state index contributed by atoms with van der Waals surface area (Å²) in [5, 5.41) is 0. The molecule has 3 heteroatoms. The summed E-state index contributed by atoms with van der Waals surface area (Å²) in [7, 11) is 0. The Labute approximate surface area is 114 Å². The van der Waals surface area contributed by atoms with E-state index >= 15 is 0 Å². The maximum Gasteiger partial charge on any atom is 0.110 e. The predicted molar refractivity (Wildman–Crippen MR) is 74.3 cm³/mol. The molecule has 0 spiro atoms. The number of H-pyrrole nitrogens is 1. The van der Waals surface area contributed by atoms with Gasteiger partial charge in [-0.2, -0.15) is 0 Å². The van der Waals surface area contributed by atoms with Crippen LogP contribution < -0.4 is 0 Å². The van der Waals surface area contributed by atoms with Gasteiger partial charge in [-0.25, -0.2) is 4.98 Å². The van der Waals surface area contributed by atoms with Gasteiger partial charge in [-0.15, -0.1) is 0 Å². The molecule has 2 nitrogen and oxygen atoms in total. The third-order valence-corrected chi connectivity index (χ3v) is 6.01. The molecule has 2 bridgehead atoms. The molecular formula is C15H15BrN2. The summed E-state index contributed by atoms with van der Waals surface area (Å²) in [6, 6.07) is 6.31. The number of rotatable bonds is 1. The van der Waals surface area contributed by atoms with Gasteiger partial charge >= 0.3 is 0 Å². The van der Waals surface area contributed by atoms with Gasteiger partial charge in [0.15, 0.2) is 0 Å². The van der Waals surface area contributed by atoms with E-state index in [4.69, 9.17) is 4.98 Å². The molecule has 1 heterocycles. The van der Waals surface area contributed by atoms with Crippen molar-refractivity contribution in [2.45, 2.75) is 25.2 Å². The van der Waals surface area contributed by atoms with Gasteiger partial charge in [-0.3, -0.25) is 0 Å². The lowest BCUT2D eigenvalue weighted by molar-refractivity contribution is 0.456. The molecule has 3 aliphatic carbocycles. The number of aromatic amines is 1. The zero-order valence-electron chi connectivity index (χ0n) is 10.1. The highest BCUT2D eigenvalue weighted by molar-refractivity contribution is 9.10. The molecule has 0 saturated heterocycles. The predicted octanol–water partition coefficient (Wildman–Crippen LogP) is 4.08. The SMILES string of the molecule is Brc1ccc2nc(C3C4C5CCC(C5)C34)[nH]c2c1. The molecule has 92 valence electrons. The number of nitrogens with zero attached hydrogens (tertiary/aromatic N) is 1. The van der Waals surface area contributed by atoms with E-state index < -0.39 is 0 Å². The van der Waals surface area contributed by atoms with Crippen molar-refractivity contribution < 1.29 is 0 Å². The van der Waals surface area contributed by atoms with Crippen LogP contribution in [0.5, 0.6) is 0 Å². The Morgan fingerprint density at radius 2 is 1.94 bits per heavy atom. The minimum absolute atomic E-state index is 0.752. The molecule has 0 radical (unpaired) electrons. The topological polar surface area (TPSA) is 28.7 Å². The van der Waals surface area contributed by atoms with E-state index in [1.807, 2.05) is 0 Å². The molecule has 0 aliphatic heterocycles. The molecule has 1 aromatic heterocycles. The summed E-state index contributed by atoms with van der Waals surface area (Å²) < 4.78 is 1.13. The van der Waals surface area contributed by atoms with E-state index in [9.17, 15) is 0 Å². The van der Waals surface area contributed by atoms with Crippen LogP contribution in [0.15, 0.2) is 22.7 Å². The Balaban J connectivity index is 1.56. The molecule has 1 N–H and O–H groups in total. The lowest BCUT2D eigenvalue weighted by Crippen LogP contribution is -1.98. The first-order valence-electron chi connectivity index (χ1n) is 6.96. The lowest BCUT2D eigenvalue weighted by Gasteiger charge is -2.05. The van der Waals surface area contributed by atoms with Crippen molar-refractivity contribution >= 4 is 27.0 Å². The average molecular weight is 303 g/mol. The highest BCUT2D eigenvalue weighted by Gasteiger charge is 2.66. The second-order valence-electron chi connectivity index (χ2n) is 6.30. The van der Waals surface area contributed by atoms with Crippen LogP contribution >= 0.6 is 15.9 Å². The molecule has 5 rings (SSSR count). The summed E-state index contributed by atoms with van der Waals surface area (Å²) >= 11 is 3.52. The van der Waals surface area contributed by atoms with Gasteiger partial charge in [0.2, 0.25) is 0 Å². The third-order valence-electron chi connectivity index (χ3n) is 5.51. The summed E-state index contributed by atoms with van der Waals surface area (Å²) in [5.74, 6) is 5.98. The molecule has 0 amide bonds. The Morgan fingerprint density at radius 1 is 1.17 bits per heavy atom. The number of hydrogen-bond donors (Lipinski definition) is 1. The van der Waals surface area contributed by atoms with Crippen LogP contribution in [-0.4, -0.2) is 9.97 Å². The van der Waals surface area contributed by atoms with E-state index in [0.29, 0.717) is 0 Å². The molecule has 3 aliphatic rings. The van der Waals surface area contributed by atoms with Crippen LogP contribution in [0.4, 0.5) is 0 Å². The van der Waals surface area contributed by atoms with Crippen molar-refractivity contribution in [2.24, 2.45) is 23.7 Å². The van der Waals surface area contributed by atoms with Gasteiger partial charge in [0, 0.05) is 10.4 Å². The van der Waals surface area contributed by atoms with Crippen LogP contribution in [0.3, 0.4) is 0 Å². The van der Waals surface area contributed by atoms with Crippen LogP contribution in [0, 0.1) is 23.7 Å². The van der Waals surface area contributed by atoms with E-state index in [-0.39, 0.29) is 0 Å². The monoisotopic (exact) mass is 302 g/mol. The zero-order valence-corrected chi connectivity index (χ0v) is 11.7. The van der Waals surface area contributed by atoms with Gasteiger partial charge < -0.3 is 4.98 Å². The fraction of sp³-hybridized carbons (Fsp3) is 0.533. The lowest BCUT2D eigenvalue weighted by atomic mass is 10.0. The van der Waals surface area contributed by atoms with E-state index in [0.717, 1.165) is 39.6 Å². The standard InChI is InChI=1S/C15H15BrN2/c16-9-3-4-10-11(6-9)18-15(17-10)14-12-7-1-2-8(5-7)13(12)14/h3-4,6-8,12-14H,1-2,5H2,(H,17,18). The molecular weight excluding hydrogens is 288 g/mol. The summed E-state index contributed by atoms with van der Waals surface area (Å²) in [6.07, 6.45) is 4.47. The molecule has 1 aromatic carbocycles. The molecule has 2 aromatic rings. The van der Waals surface area contributed by atoms with Crippen molar-refractivity contribution in [2.75, 3.05) is 0 Å². The van der Waals surface area contributed by atoms with Crippen LogP contribution in [0.25, 0.3) is 11.0 Å². The first-order valence-corrected chi connectivity index (χ1v) is 7.76. The van der Waals surface area contributed by atoms with Crippen molar-refractivity contribution in [1.82, 2.24) is 9.97 Å². The second kappa shape index (κ2) is 3.19. The highest BCUT2D eigenvalue weighted by Crippen LogP contribution is 2.72. The fourth-order valence-corrected chi connectivity index (χ4v) is 5.21. The summed E-state index contributed by atoms with van der Waals surface area (Å²) in [6.45, 7) is 0. The van der Waals surface area contributed by atoms with Gasteiger partial charge in [0.25, 0.3) is 0 Å². The van der Waals surface area contributed by atoms with Crippen molar-refractivity contribution in [3.05, 3.63) is 28.5 Å². The van der Waals surface area contributed by atoms with Crippen LogP contribution in [0.1, 0.15) is 31.0 Å². The first kappa shape index (κ1) is 10.0. The van der Waals surface area contributed by atoms with Gasteiger partial charge in [-0.1, -0.05) is 15.9 Å². The van der Waals surface area contributed by atoms with E-state index in [2.05, 4.69) is 39.1 Å². The van der Waals surface area contributed by atoms with Gasteiger partial charge in [0.1, 0.15) is 5.82 Å².